The lowest BCUT2D eigenvalue weighted by atomic mass is 10.0. The SMILES string of the molecule is CC(=O)Nc1ccc2c(-c3cccc(F)c3)ccnc2c1O. The van der Waals surface area contributed by atoms with Gasteiger partial charge in [0.2, 0.25) is 5.91 Å². The van der Waals surface area contributed by atoms with Gasteiger partial charge in [0, 0.05) is 18.5 Å². The molecule has 0 aliphatic heterocycles. The lowest BCUT2D eigenvalue weighted by molar-refractivity contribution is -0.114. The molecule has 0 spiro atoms. The third kappa shape index (κ3) is 2.48. The van der Waals surface area contributed by atoms with Gasteiger partial charge in [-0.3, -0.25) is 9.78 Å². The van der Waals surface area contributed by atoms with Gasteiger partial charge in [0.05, 0.1) is 5.69 Å². The van der Waals surface area contributed by atoms with Crippen molar-refractivity contribution in [3.05, 3.63) is 54.5 Å². The Hall–Kier alpha value is -2.95. The second-order valence-corrected chi connectivity index (χ2v) is 4.91. The van der Waals surface area contributed by atoms with Crippen LogP contribution in [0, 0.1) is 5.82 Å². The van der Waals surface area contributed by atoms with E-state index >= 15 is 0 Å². The van der Waals surface area contributed by atoms with Crippen LogP contribution in [-0.2, 0) is 4.79 Å². The van der Waals surface area contributed by atoms with Crippen LogP contribution in [-0.4, -0.2) is 16.0 Å². The maximum Gasteiger partial charge on any atom is 0.221 e. The van der Waals surface area contributed by atoms with Crippen LogP contribution in [0.4, 0.5) is 10.1 Å². The van der Waals surface area contributed by atoms with Crippen LogP contribution in [0.1, 0.15) is 6.92 Å². The van der Waals surface area contributed by atoms with Crippen molar-refractivity contribution in [2.24, 2.45) is 0 Å². The Morgan fingerprint density at radius 3 is 2.77 bits per heavy atom. The van der Waals surface area contributed by atoms with Gasteiger partial charge in [-0.05, 0) is 41.5 Å². The number of phenolic OH excluding ortho intramolecular Hbond substituents is 1. The number of hydrogen-bond acceptors (Lipinski definition) is 3. The van der Waals surface area contributed by atoms with Gasteiger partial charge in [-0.2, -0.15) is 0 Å². The molecule has 0 unspecified atom stereocenters. The number of carbonyl (C=O) groups is 1. The Kier molecular flexibility index (Phi) is 3.47. The van der Waals surface area contributed by atoms with E-state index in [4.69, 9.17) is 0 Å². The average molecular weight is 296 g/mol. The molecule has 4 nitrogen and oxygen atoms in total. The van der Waals surface area contributed by atoms with Crippen molar-refractivity contribution in [3.8, 4) is 16.9 Å². The minimum absolute atomic E-state index is 0.106. The molecular weight excluding hydrogens is 283 g/mol. The molecule has 1 aromatic heterocycles. The van der Waals surface area contributed by atoms with E-state index in [0.29, 0.717) is 22.2 Å². The summed E-state index contributed by atoms with van der Waals surface area (Å²) in [5.74, 6) is -0.719. The van der Waals surface area contributed by atoms with Crippen molar-refractivity contribution in [2.75, 3.05) is 5.32 Å². The number of fused-ring (bicyclic) bond motifs is 1. The van der Waals surface area contributed by atoms with Crippen molar-refractivity contribution in [1.82, 2.24) is 4.98 Å². The first-order valence-corrected chi connectivity index (χ1v) is 6.70. The monoisotopic (exact) mass is 296 g/mol. The Labute approximate surface area is 126 Å². The molecule has 1 amide bonds. The van der Waals surface area contributed by atoms with E-state index in [9.17, 15) is 14.3 Å². The highest BCUT2D eigenvalue weighted by atomic mass is 19.1. The number of anilines is 1. The molecule has 0 saturated heterocycles. The lowest BCUT2D eigenvalue weighted by Crippen LogP contribution is -2.06. The van der Waals surface area contributed by atoms with Crippen LogP contribution in [0.15, 0.2) is 48.7 Å². The Morgan fingerprint density at radius 1 is 1.23 bits per heavy atom. The molecule has 5 heteroatoms. The lowest BCUT2D eigenvalue weighted by Gasteiger charge is -2.11. The Bertz CT molecular complexity index is 878. The first kappa shape index (κ1) is 14.0. The van der Waals surface area contributed by atoms with Crippen LogP contribution in [0.25, 0.3) is 22.0 Å². The summed E-state index contributed by atoms with van der Waals surface area (Å²) >= 11 is 0. The Balaban J connectivity index is 2.22. The third-order valence-corrected chi connectivity index (χ3v) is 3.33. The van der Waals surface area contributed by atoms with Gasteiger partial charge in [-0.15, -0.1) is 0 Å². The van der Waals surface area contributed by atoms with Crippen LogP contribution in [0.5, 0.6) is 5.75 Å². The number of rotatable bonds is 2. The van der Waals surface area contributed by atoms with E-state index in [-0.39, 0.29) is 17.5 Å². The number of nitrogens with zero attached hydrogens (tertiary/aromatic N) is 1. The number of benzene rings is 2. The molecule has 0 radical (unpaired) electrons. The minimum Gasteiger partial charge on any atom is -0.504 e. The van der Waals surface area contributed by atoms with Crippen LogP contribution >= 0.6 is 0 Å². The summed E-state index contributed by atoms with van der Waals surface area (Å²) in [5.41, 5.74) is 2.10. The number of aromatic nitrogens is 1. The van der Waals surface area contributed by atoms with Gasteiger partial charge in [-0.1, -0.05) is 12.1 Å². The summed E-state index contributed by atoms with van der Waals surface area (Å²) in [4.78, 5) is 15.3. The van der Waals surface area contributed by atoms with E-state index in [2.05, 4.69) is 10.3 Å². The first-order valence-electron chi connectivity index (χ1n) is 6.70. The zero-order chi connectivity index (χ0) is 15.7. The van der Waals surface area contributed by atoms with Gasteiger partial charge in [0.1, 0.15) is 11.3 Å². The number of pyridine rings is 1. The standard InChI is InChI=1S/C17H13FN2O2/c1-10(21)20-15-6-5-14-13(7-8-19-16(14)17(15)22)11-3-2-4-12(18)9-11/h2-9,22H,1H3,(H,20,21). The highest BCUT2D eigenvalue weighted by molar-refractivity contribution is 6.02. The highest BCUT2D eigenvalue weighted by Gasteiger charge is 2.12. The summed E-state index contributed by atoms with van der Waals surface area (Å²) in [5, 5.41) is 13.5. The average Bonchev–Trinajstić information content (AvgIpc) is 2.49. The molecule has 0 aliphatic carbocycles. The molecule has 0 fully saturated rings. The molecule has 22 heavy (non-hydrogen) atoms. The van der Waals surface area contributed by atoms with E-state index in [1.54, 1.807) is 36.5 Å². The smallest absolute Gasteiger partial charge is 0.221 e. The zero-order valence-electron chi connectivity index (χ0n) is 11.8. The van der Waals surface area contributed by atoms with Gasteiger partial charge >= 0.3 is 0 Å². The van der Waals surface area contributed by atoms with Crippen molar-refractivity contribution in [1.29, 1.82) is 0 Å². The fourth-order valence-electron chi connectivity index (χ4n) is 2.40. The zero-order valence-corrected chi connectivity index (χ0v) is 11.8. The van der Waals surface area contributed by atoms with Crippen LogP contribution in [0.2, 0.25) is 0 Å². The third-order valence-electron chi connectivity index (χ3n) is 3.33. The van der Waals surface area contributed by atoms with Gasteiger partial charge < -0.3 is 10.4 Å². The maximum atomic E-state index is 13.4. The molecule has 0 atom stereocenters. The number of halogens is 1. The van der Waals surface area contributed by atoms with E-state index < -0.39 is 0 Å². The van der Waals surface area contributed by atoms with E-state index in [1.165, 1.54) is 19.1 Å². The van der Waals surface area contributed by atoms with E-state index in [1.807, 2.05) is 0 Å². The highest BCUT2D eigenvalue weighted by Crippen LogP contribution is 2.36. The van der Waals surface area contributed by atoms with Crippen LogP contribution < -0.4 is 5.32 Å². The van der Waals surface area contributed by atoms with E-state index in [0.717, 1.165) is 5.56 Å². The first-order chi connectivity index (χ1) is 10.6. The van der Waals surface area contributed by atoms with Crippen molar-refractivity contribution < 1.29 is 14.3 Å². The molecule has 110 valence electrons. The number of amides is 1. The quantitative estimate of drug-likeness (QED) is 0.709. The normalized spacial score (nSPS) is 10.6. The number of hydrogen-bond donors (Lipinski definition) is 2. The largest absolute Gasteiger partial charge is 0.504 e. The minimum atomic E-state index is -0.332. The van der Waals surface area contributed by atoms with Crippen molar-refractivity contribution in [2.45, 2.75) is 6.92 Å². The topological polar surface area (TPSA) is 62.2 Å². The summed E-state index contributed by atoms with van der Waals surface area (Å²) in [6.07, 6.45) is 1.54. The predicted molar refractivity (Wildman–Crippen MR) is 83.1 cm³/mol. The van der Waals surface area contributed by atoms with Gasteiger partial charge in [0.15, 0.2) is 5.75 Å². The second-order valence-electron chi connectivity index (χ2n) is 4.91. The molecule has 1 heterocycles. The molecule has 2 aromatic carbocycles. The summed E-state index contributed by atoms with van der Waals surface area (Å²) in [7, 11) is 0. The molecule has 0 bridgehead atoms. The molecule has 0 saturated carbocycles. The molecule has 3 rings (SSSR count). The molecule has 0 aliphatic rings. The summed E-state index contributed by atoms with van der Waals surface area (Å²) < 4.78 is 13.4. The number of carbonyl (C=O) groups excluding carboxylic acids is 1. The molecule has 3 aromatic rings. The molecular formula is C17H13FN2O2. The Morgan fingerprint density at radius 2 is 2.05 bits per heavy atom. The number of nitrogens with one attached hydrogen (secondary N) is 1. The fraction of sp³-hybridized carbons (Fsp3) is 0.0588. The fourth-order valence-corrected chi connectivity index (χ4v) is 2.40. The predicted octanol–water partition coefficient (Wildman–Crippen LogP) is 3.70. The van der Waals surface area contributed by atoms with Crippen molar-refractivity contribution in [3.63, 3.8) is 0 Å². The van der Waals surface area contributed by atoms with Gasteiger partial charge in [0.25, 0.3) is 0 Å². The van der Waals surface area contributed by atoms with Crippen molar-refractivity contribution >= 4 is 22.5 Å². The van der Waals surface area contributed by atoms with Gasteiger partial charge in [-0.25, -0.2) is 4.39 Å². The summed E-state index contributed by atoms with van der Waals surface area (Å²) in [6.45, 7) is 1.36. The summed E-state index contributed by atoms with van der Waals surface area (Å²) in [6, 6.07) is 11.3. The maximum absolute atomic E-state index is 13.4. The van der Waals surface area contributed by atoms with Crippen LogP contribution in [0.3, 0.4) is 0 Å². The second kappa shape index (κ2) is 5.44. The number of phenols is 1. The number of aromatic hydroxyl groups is 1. The molecule has 2 N–H and O–H groups in total.